The van der Waals surface area contributed by atoms with E-state index >= 15 is 0 Å². The van der Waals surface area contributed by atoms with Gasteiger partial charge in [-0.05, 0) is 49.1 Å². The minimum atomic E-state index is -0.551. The smallest absolute Gasteiger partial charge is 0.250 e. The fraction of sp³-hybridized carbons (Fsp3) is 0.222. The van der Waals surface area contributed by atoms with Crippen molar-refractivity contribution in [3.05, 3.63) is 64.7 Å². The Bertz CT molecular complexity index is 708. The number of nitrogens with two attached hydrogens (primary N) is 1. The molecule has 0 aliphatic rings. The average Bonchev–Trinajstić information content (AvgIpc) is 2.49. The topological polar surface area (TPSA) is 72.2 Å². The van der Waals surface area contributed by atoms with Crippen molar-refractivity contribution in [1.29, 1.82) is 0 Å². The summed E-state index contributed by atoms with van der Waals surface area (Å²) in [6.07, 6.45) is 1.02. The molecule has 0 saturated carbocycles. The Balaban J connectivity index is 1.99. The minimum absolute atomic E-state index is 0.132. The van der Waals surface area contributed by atoms with E-state index in [0.29, 0.717) is 24.1 Å². The van der Waals surface area contributed by atoms with E-state index in [2.05, 4.69) is 31.3 Å². The number of hydrogen-bond donors (Lipinski definition) is 2. The van der Waals surface area contributed by atoms with Crippen molar-refractivity contribution in [1.82, 2.24) is 0 Å². The molecule has 2 aromatic carbocycles. The van der Waals surface area contributed by atoms with Gasteiger partial charge < -0.3 is 11.1 Å². The molecule has 0 radical (unpaired) electrons. The van der Waals surface area contributed by atoms with Crippen LogP contribution in [-0.2, 0) is 11.2 Å². The second kappa shape index (κ2) is 6.89. The summed E-state index contributed by atoms with van der Waals surface area (Å²) in [6.45, 7) is 4.12. The SMILES string of the molecule is Cc1ccc(CCC(=O)Nc2ccccc2C(N)=O)cc1C. The lowest BCUT2D eigenvalue weighted by Crippen LogP contribution is -2.18. The number of aryl methyl sites for hydroxylation is 3. The molecule has 2 amide bonds. The first-order chi connectivity index (χ1) is 10.5. The van der Waals surface area contributed by atoms with Crippen molar-refractivity contribution < 1.29 is 9.59 Å². The number of carbonyl (C=O) groups is 2. The number of hydrogen-bond acceptors (Lipinski definition) is 2. The average molecular weight is 296 g/mol. The minimum Gasteiger partial charge on any atom is -0.366 e. The molecule has 3 N–H and O–H groups in total. The molecule has 0 aliphatic heterocycles. The lowest BCUT2D eigenvalue weighted by atomic mass is 10.0. The highest BCUT2D eigenvalue weighted by atomic mass is 16.2. The fourth-order valence-electron chi connectivity index (χ4n) is 2.24. The Morgan fingerprint density at radius 3 is 2.45 bits per heavy atom. The van der Waals surface area contributed by atoms with Crippen LogP contribution in [0.5, 0.6) is 0 Å². The van der Waals surface area contributed by atoms with Crippen LogP contribution in [0.15, 0.2) is 42.5 Å². The predicted molar refractivity (Wildman–Crippen MR) is 87.8 cm³/mol. The van der Waals surface area contributed by atoms with Crippen LogP contribution in [0, 0.1) is 13.8 Å². The Labute approximate surface area is 130 Å². The molecule has 0 heterocycles. The summed E-state index contributed by atoms with van der Waals surface area (Å²) in [5.41, 5.74) is 9.66. The number of anilines is 1. The predicted octanol–water partition coefficient (Wildman–Crippen LogP) is 2.97. The quantitative estimate of drug-likeness (QED) is 0.890. The summed E-state index contributed by atoms with van der Waals surface area (Å²) in [5, 5.41) is 2.75. The van der Waals surface area contributed by atoms with Gasteiger partial charge in [-0.3, -0.25) is 9.59 Å². The van der Waals surface area contributed by atoms with Gasteiger partial charge in [-0.25, -0.2) is 0 Å². The molecule has 0 atom stereocenters. The highest BCUT2D eigenvalue weighted by molar-refractivity contribution is 6.02. The summed E-state index contributed by atoms with van der Waals surface area (Å²) >= 11 is 0. The number of nitrogens with one attached hydrogen (secondary N) is 1. The van der Waals surface area contributed by atoms with Gasteiger partial charge in [0.05, 0.1) is 11.3 Å². The van der Waals surface area contributed by atoms with E-state index in [0.717, 1.165) is 5.56 Å². The maximum atomic E-state index is 12.0. The number of primary amides is 1. The fourth-order valence-corrected chi connectivity index (χ4v) is 2.24. The summed E-state index contributed by atoms with van der Waals surface area (Å²) < 4.78 is 0. The van der Waals surface area contributed by atoms with Gasteiger partial charge in [0, 0.05) is 6.42 Å². The molecule has 0 unspecified atom stereocenters. The van der Waals surface area contributed by atoms with Crippen molar-refractivity contribution in [3.8, 4) is 0 Å². The highest BCUT2D eigenvalue weighted by Gasteiger charge is 2.10. The van der Waals surface area contributed by atoms with E-state index in [-0.39, 0.29) is 5.91 Å². The molecule has 0 aromatic heterocycles. The maximum Gasteiger partial charge on any atom is 0.250 e. The zero-order valence-corrected chi connectivity index (χ0v) is 12.8. The first-order valence-electron chi connectivity index (χ1n) is 7.22. The van der Waals surface area contributed by atoms with E-state index in [4.69, 9.17) is 5.73 Å². The second-order valence-electron chi connectivity index (χ2n) is 5.38. The van der Waals surface area contributed by atoms with Gasteiger partial charge in [0.1, 0.15) is 0 Å². The molecule has 4 nitrogen and oxygen atoms in total. The lowest BCUT2D eigenvalue weighted by molar-refractivity contribution is -0.116. The van der Waals surface area contributed by atoms with Gasteiger partial charge in [-0.1, -0.05) is 30.3 Å². The van der Waals surface area contributed by atoms with E-state index in [9.17, 15) is 9.59 Å². The van der Waals surface area contributed by atoms with E-state index in [1.807, 2.05) is 6.07 Å². The van der Waals surface area contributed by atoms with Gasteiger partial charge >= 0.3 is 0 Å². The molecule has 114 valence electrons. The monoisotopic (exact) mass is 296 g/mol. The van der Waals surface area contributed by atoms with Crippen LogP contribution < -0.4 is 11.1 Å². The van der Waals surface area contributed by atoms with E-state index in [1.54, 1.807) is 24.3 Å². The van der Waals surface area contributed by atoms with Crippen LogP contribution in [0.25, 0.3) is 0 Å². The van der Waals surface area contributed by atoms with Gasteiger partial charge in [-0.2, -0.15) is 0 Å². The van der Waals surface area contributed by atoms with Gasteiger partial charge in [0.15, 0.2) is 0 Å². The van der Waals surface area contributed by atoms with Crippen LogP contribution in [0.1, 0.15) is 33.5 Å². The van der Waals surface area contributed by atoms with Crippen LogP contribution in [-0.4, -0.2) is 11.8 Å². The van der Waals surface area contributed by atoms with Crippen LogP contribution in [0.4, 0.5) is 5.69 Å². The molecule has 2 aromatic rings. The zero-order chi connectivity index (χ0) is 16.1. The Morgan fingerprint density at radius 2 is 1.77 bits per heavy atom. The molecule has 0 bridgehead atoms. The Hall–Kier alpha value is -2.62. The van der Waals surface area contributed by atoms with E-state index in [1.165, 1.54) is 11.1 Å². The van der Waals surface area contributed by atoms with Gasteiger partial charge in [-0.15, -0.1) is 0 Å². The normalized spacial score (nSPS) is 10.3. The zero-order valence-electron chi connectivity index (χ0n) is 12.8. The number of benzene rings is 2. The highest BCUT2D eigenvalue weighted by Crippen LogP contribution is 2.16. The maximum absolute atomic E-state index is 12.0. The summed E-state index contributed by atoms with van der Waals surface area (Å²) in [6, 6.07) is 12.9. The summed E-state index contributed by atoms with van der Waals surface area (Å²) in [5.74, 6) is -0.683. The lowest BCUT2D eigenvalue weighted by Gasteiger charge is -2.09. The summed E-state index contributed by atoms with van der Waals surface area (Å²) in [4.78, 5) is 23.4. The third-order valence-electron chi connectivity index (χ3n) is 3.68. The molecular formula is C18H20N2O2. The second-order valence-corrected chi connectivity index (χ2v) is 5.38. The first-order valence-corrected chi connectivity index (χ1v) is 7.22. The molecule has 4 heteroatoms. The molecule has 0 spiro atoms. The summed E-state index contributed by atoms with van der Waals surface area (Å²) in [7, 11) is 0. The first kappa shape index (κ1) is 15.8. The third-order valence-corrected chi connectivity index (χ3v) is 3.68. The van der Waals surface area contributed by atoms with Gasteiger partial charge in [0.2, 0.25) is 5.91 Å². The van der Waals surface area contributed by atoms with Crippen LogP contribution in [0.2, 0.25) is 0 Å². The molecule has 2 rings (SSSR count). The Kier molecular flexibility index (Phi) is 4.94. The van der Waals surface area contributed by atoms with E-state index < -0.39 is 5.91 Å². The largest absolute Gasteiger partial charge is 0.366 e. The van der Waals surface area contributed by atoms with Crippen LogP contribution >= 0.6 is 0 Å². The number of carbonyl (C=O) groups excluding carboxylic acids is 2. The Morgan fingerprint density at radius 1 is 1.05 bits per heavy atom. The van der Waals surface area contributed by atoms with Crippen molar-refractivity contribution >= 4 is 17.5 Å². The number of rotatable bonds is 5. The molecule has 22 heavy (non-hydrogen) atoms. The van der Waals surface area contributed by atoms with Crippen molar-refractivity contribution in [2.45, 2.75) is 26.7 Å². The van der Waals surface area contributed by atoms with Crippen molar-refractivity contribution in [2.75, 3.05) is 5.32 Å². The van der Waals surface area contributed by atoms with Crippen molar-refractivity contribution in [2.24, 2.45) is 5.73 Å². The standard InChI is InChI=1S/C18H20N2O2/c1-12-7-8-14(11-13(12)2)9-10-17(21)20-16-6-4-3-5-15(16)18(19)22/h3-8,11H,9-10H2,1-2H3,(H2,19,22)(H,20,21). The van der Waals surface area contributed by atoms with Crippen LogP contribution in [0.3, 0.4) is 0 Å². The number of amides is 2. The molecule has 0 fully saturated rings. The number of para-hydroxylation sites is 1. The van der Waals surface area contributed by atoms with Crippen molar-refractivity contribution in [3.63, 3.8) is 0 Å². The molecular weight excluding hydrogens is 276 g/mol. The molecule has 0 saturated heterocycles. The molecule has 0 aliphatic carbocycles. The van der Waals surface area contributed by atoms with Gasteiger partial charge in [0.25, 0.3) is 5.91 Å². The third kappa shape index (κ3) is 3.95.